The van der Waals surface area contributed by atoms with Gasteiger partial charge in [-0.05, 0) is 19.1 Å². The van der Waals surface area contributed by atoms with Gasteiger partial charge in [-0.15, -0.1) is 0 Å². The summed E-state index contributed by atoms with van der Waals surface area (Å²) in [5.74, 6) is -1.22. The maximum absolute atomic E-state index is 10.9. The minimum Gasteiger partial charge on any atom is -0.545 e. The second-order valence-electron chi connectivity index (χ2n) is 3.53. The van der Waals surface area contributed by atoms with Crippen LogP contribution >= 0.6 is 0 Å². The van der Waals surface area contributed by atoms with E-state index in [9.17, 15) is 9.90 Å². The topological polar surface area (TPSA) is 66.7 Å². The maximum Gasteiger partial charge on any atom is 1.00 e. The summed E-state index contributed by atoms with van der Waals surface area (Å²) in [6.07, 6.45) is 1.65. The van der Waals surface area contributed by atoms with Crippen LogP contribution in [0.15, 0.2) is 18.3 Å². The number of aromatic nitrogens is 2. The molecule has 0 spiro atoms. The Balaban J connectivity index is 0.00000144. The zero-order valence-electron chi connectivity index (χ0n) is 10.1. The zero-order valence-corrected chi connectivity index (χ0v) is 12.1. The summed E-state index contributed by atoms with van der Waals surface area (Å²) in [5, 5.41) is 10.9. The van der Waals surface area contributed by atoms with Gasteiger partial charge >= 0.3 is 29.6 Å². The second-order valence-corrected chi connectivity index (χ2v) is 3.53. The number of rotatable bonds is 3. The Kier molecular flexibility index (Phi) is 4.70. The maximum atomic E-state index is 10.9. The molecule has 0 aromatic carbocycles. The molecule has 2 aromatic rings. The Morgan fingerprint density at radius 3 is 2.88 bits per heavy atom. The van der Waals surface area contributed by atoms with Crippen LogP contribution in [0.2, 0.25) is 0 Å². The molecule has 0 atom stereocenters. The number of aryl methyl sites for hydroxylation is 1. The fourth-order valence-corrected chi connectivity index (χ4v) is 1.70. The molecular weight excluding hydrogens is 231 g/mol. The molecule has 0 saturated carbocycles. The Morgan fingerprint density at radius 1 is 1.59 bits per heavy atom. The molecule has 0 aliphatic rings. The van der Waals surface area contributed by atoms with Crippen LogP contribution in [-0.2, 0) is 11.3 Å². The van der Waals surface area contributed by atoms with E-state index in [0.29, 0.717) is 12.3 Å². The van der Waals surface area contributed by atoms with Crippen LogP contribution in [0.4, 0.5) is 0 Å². The standard InChI is InChI=1S/C11H12N2O3.Na/c1-7-5-8(6-16-2)13-4-3-9(11(14)15)10(13)12-7;/h3-5H,6H2,1-2H3,(H,14,15);/q;+1/p-1. The van der Waals surface area contributed by atoms with Crippen molar-refractivity contribution in [3.05, 3.63) is 35.3 Å². The average molecular weight is 242 g/mol. The van der Waals surface area contributed by atoms with Gasteiger partial charge in [-0.3, -0.25) is 0 Å². The molecule has 0 aliphatic carbocycles. The van der Waals surface area contributed by atoms with Crippen LogP contribution in [0.25, 0.3) is 5.65 Å². The van der Waals surface area contributed by atoms with Gasteiger partial charge in [-0.1, -0.05) is 0 Å². The number of hydrogen-bond donors (Lipinski definition) is 0. The predicted molar refractivity (Wildman–Crippen MR) is 55.0 cm³/mol. The van der Waals surface area contributed by atoms with Crippen molar-refractivity contribution in [2.75, 3.05) is 7.11 Å². The summed E-state index contributed by atoms with van der Waals surface area (Å²) in [7, 11) is 1.59. The Hall–Kier alpha value is -0.880. The van der Waals surface area contributed by atoms with Crippen LogP contribution < -0.4 is 34.7 Å². The Morgan fingerprint density at radius 2 is 2.29 bits per heavy atom. The van der Waals surface area contributed by atoms with Crippen molar-refractivity contribution < 1.29 is 44.2 Å². The molecule has 0 fully saturated rings. The second kappa shape index (κ2) is 5.64. The summed E-state index contributed by atoms with van der Waals surface area (Å²) in [5.41, 5.74) is 2.10. The van der Waals surface area contributed by atoms with Crippen LogP contribution in [0.1, 0.15) is 21.7 Å². The monoisotopic (exact) mass is 242 g/mol. The summed E-state index contributed by atoms with van der Waals surface area (Å²) in [4.78, 5) is 15.0. The van der Waals surface area contributed by atoms with Crippen LogP contribution in [0, 0.1) is 6.92 Å². The van der Waals surface area contributed by atoms with Gasteiger partial charge in [0.15, 0.2) is 0 Å². The smallest absolute Gasteiger partial charge is 0.545 e. The quantitative estimate of drug-likeness (QED) is 0.544. The number of aromatic carboxylic acids is 1. The SMILES string of the molecule is COCc1cc(C)nc2c(C(=O)[O-])ccn12.[Na+]. The molecule has 5 nitrogen and oxygen atoms in total. The molecule has 2 aromatic heterocycles. The third-order valence-corrected chi connectivity index (χ3v) is 2.34. The van der Waals surface area contributed by atoms with E-state index in [1.807, 2.05) is 13.0 Å². The number of nitrogens with zero attached hydrogens (tertiary/aromatic N) is 2. The van der Waals surface area contributed by atoms with Gasteiger partial charge in [-0.25, -0.2) is 4.98 Å². The number of hydrogen-bond acceptors (Lipinski definition) is 4. The van der Waals surface area contributed by atoms with Crippen molar-refractivity contribution in [2.24, 2.45) is 0 Å². The van der Waals surface area contributed by atoms with E-state index in [-0.39, 0.29) is 35.1 Å². The molecule has 0 radical (unpaired) electrons. The molecule has 0 amide bonds. The minimum absolute atomic E-state index is 0. The van der Waals surface area contributed by atoms with Crippen molar-refractivity contribution in [1.29, 1.82) is 0 Å². The molecule has 6 heteroatoms. The van der Waals surface area contributed by atoms with Gasteiger partial charge < -0.3 is 19.0 Å². The molecular formula is C11H11N2NaO3. The molecule has 2 rings (SSSR count). The first-order valence-electron chi connectivity index (χ1n) is 4.81. The van der Waals surface area contributed by atoms with E-state index in [1.54, 1.807) is 17.7 Å². The Labute approximate surface area is 121 Å². The van der Waals surface area contributed by atoms with Crippen LogP contribution in [0.3, 0.4) is 0 Å². The number of carboxylic acids is 1. The summed E-state index contributed by atoms with van der Waals surface area (Å²) in [6, 6.07) is 3.34. The fraction of sp³-hybridized carbons (Fsp3) is 0.273. The molecule has 84 valence electrons. The van der Waals surface area contributed by atoms with Gasteiger partial charge in [0.1, 0.15) is 5.65 Å². The van der Waals surface area contributed by atoms with Crippen molar-refractivity contribution in [1.82, 2.24) is 9.38 Å². The summed E-state index contributed by atoms with van der Waals surface area (Å²) < 4.78 is 6.75. The first kappa shape index (κ1) is 14.2. The molecule has 0 N–H and O–H groups in total. The minimum atomic E-state index is -1.22. The van der Waals surface area contributed by atoms with Crippen molar-refractivity contribution in [3.63, 3.8) is 0 Å². The van der Waals surface area contributed by atoms with Crippen LogP contribution in [-0.4, -0.2) is 22.5 Å². The van der Waals surface area contributed by atoms with E-state index < -0.39 is 5.97 Å². The van der Waals surface area contributed by atoms with E-state index in [1.165, 1.54) is 6.07 Å². The zero-order chi connectivity index (χ0) is 11.7. The third-order valence-electron chi connectivity index (χ3n) is 2.34. The van der Waals surface area contributed by atoms with Gasteiger partial charge in [0, 0.05) is 24.6 Å². The number of carbonyl (C=O) groups excluding carboxylic acids is 1. The van der Waals surface area contributed by atoms with Crippen molar-refractivity contribution >= 4 is 11.6 Å². The van der Waals surface area contributed by atoms with Gasteiger partial charge in [0.2, 0.25) is 0 Å². The number of ether oxygens (including phenoxy) is 1. The van der Waals surface area contributed by atoms with E-state index in [2.05, 4.69) is 4.98 Å². The van der Waals surface area contributed by atoms with E-state index >= 15 is 0 Å². The van der Waals surface area contributed by atoms with Crippen LogP contribution in [0.5, 0.6) is 0 Å². The normalized spacial score (nSPS) is 10.2. The fourth-order valence-electron chi connectivity index (χ4n) is 1.70. The van der Waals surface area contributed by atoms with Gasteiger partial charge in [0.25, 0.3) is 0 Å². The average Bonchev–Trinajstić information content (AvgIpc) is 2.61. The predicted octanol–water partition coefficient (Wildman–Crippen LogP) is -2.84. The van der Waals surface area contributed by atoms with Crippen molar-refractivity contribution in [2.45, 2.75) is 13.5 Å². The molecule has 0 aliphatic heterocycles. The van der Waals surface area contributed by atoms with E-state index in [0.717, 1.165) is 11.4 Å². The number of methoxy groups -OCH3 is 1. The first-order valence-corrected chi connectivity index (χ1v) is 4.81. The molecule has 17 heavy (non-hydrogen) atoms. The molecule has 2 heterocycles. The number of fused-ring (bicyclic) bond motifs is 1. The third kappa shape index (κ3) is 2.69. The molecule has 0 unspecified atom stereocenters. The Bertz CT molecular complexity index is 551. The molecule has 0 saturated heterocycles. The van der Waals surface area contributed by atoms with Gasteiger partial charge in [0.05, 0.1) is 18.3 Å². The van der Waals surface area contributed by atoms with Crippen molar-refractivity contribution in [3.8, 4) is 0 Å². The largest absolute Gasteiger partial charge is 1.00 e. The summed E-state index contributed by atoms with van der Waals surface area (Å²) >= 11 is 0. The molecule has 0 bridgehead atoms. The number of carboxylic acid groups (broad SMARTS) is 1. The first-order chi connectivity index (χ1) is 7.63. The summed E-state index contributed by atoms with van der Waals surface area (Å²) in [6.45, 7) is 2.21. The van der Waals surface area contributed by atoms with E-state index in [4.69, 9.17) is 4.74 Å². The number of carbonyl (C=O) groups is 1. The van der Waals surface area contributed by atoms with Gasteiger partial charge in [-0.2, -0.15) is 0 Å².